The summed E-state index contributed by atoms with van der Waals surface area (Å²) >= 11 is 5.88. The Balaban J connectivity index is 2.12. The number of esters is 1. The molecule has 5 nitrogen and oxygen atoms in total. The van der Waals surface area contributed by atoms with Gasteiger partial charge in [-0.3, -0.25) is 0 Å². The summed E-state index contributed by atoms with van der Waals surface area (Å²) in [5, 5.41) is 6.72. The third kappa shape index (κ3) is 4.06. The van der Waals surface area contributed by atoms with Crippen LogP contribution in [0.25, 0.3) is 0 Å². The Bertz CT molecular complexity index is 567. The van der Waals surface area contributed by atoms with Gasteiger partial charge in [0.15, 0.2) is 0 Å². The second-order valence-corrected chi connectivity index (χ2v) is 4.95. The molecule has 112 valence electrons. The third-order valence-corrected chi connectivity index (χ3v) is 3.23. The van der Waals surface area contributed by atoms with E-state index in [9.17, 15) is 4.79 Å². The second-order valence-electron chi connectivity index (χ2n) is 4.51. The number of hydrogen-bond acceptors (Lipinski definition) is 5. The Kier molecular flexibility index (Phi) is 5.36. The minimum Gasteiger partial charge on any atom is -0.459 e. The van der Waals surface area contributed by atoms with Gasteiger partial charge in [0.25, 0.3) is 0 Å². The summed E-state index contributed by atoms with van der Waals surface area (Å²) in [5.41, 5.74) is 2.16. The molecule has 0 bridgehead atoms. The normalized spacial score (nSPS) is 14.5. The number of carbonyl (C=O) groups excluding carboxylic acids is 1. The topological polar surface area (TPSA) is 51.1 Å². The molecule has 21 heavy (non-hydrogen) atoms. The van der Waals surface area contributed by atoms with Crippen molar-refractivity contribution in [2.24, 2.45) is 5.10 Å². The fraction of sp³-hybridized carbons (Fsp3) is 0.333. The molecule has 0 unspecified atom stereocenters. The first kappa shape index (κ1) is 15.5. The number of carbonyl (C=O) groups is 1. The molecule has 0 saturated carbocycles. The summed E-state index contributed by atoms with van der Waals surface area (Å²) in [6.45, 7) is 2.53. The van der Waals surface area contributed by atoms with E-state index < -0.39 is 5.97 Å². The van der Waals surface area contributed by atoms with Crippen LogP contribution in [0.5, 0.6) is 0 Å². The van der Waals surface area contributed by atoms with E-state index in [2.05, 4.69) is 5.10 Å². The molecule has 6 heteroatoms. The molecule has 0 spiro atoms. The lowest BCUT2D eigenvalue weighted by Crippen LogP contribution is -2.27. The molecular weight excluding hydrogens is 292 g/mol. The van der Waals surface area contributed by atoms with Gasteiger partial charge in [-0.1, -0.05) is 17.7 Å². The van der Waals surface area contributed by atoms with Crippen LogP contribution in [0.15, 0.2) is 41.1 Å². The number of benzene rings is 1. The van der Waals surface area contributed by atoms with Crippen molar-refractivity contribution in [3.05, 3.63) is 41.1 Å². The summed E-state index contributed by atoms with van der Waals surface area (Å²) in [7, 11) is 1.56. The molecular formula is C15H17ClN2O3. The fourth-order valence-electron chi connectivity index (χ4n) is 1.84. The molecule has 0 aromatic heterocycles. The second kappa shape index (κ2) is 7.24. The Hall–Kier alpha value is -1.85. The van der Waals surface area contributed by atoms with E-state index in [4.69, 9.17) is 21.1 Å². The maximum Gasteiger partial charge on any atom is 0.354 e. The standard InChI is InChI=1S/C15H17ClN2O3/c1-11-3-8-14(15(19)21-10-9-20-2)17-18(11)13-6-4-12(16)5-7-13/h3-7H,8-10H2,1-2H3. The van der Waals surface area contributed by atoms with Gasteiger partial charge in [0.1, 0.15) is 12.3 Å². The predicted molar refractivity (Wildman–Crippen MR) is 82.6 cm³/mol. The largest absolute Gasteiger partial charge is 0.459 e. The first-order chi connectivity index (χ1) is 10.1. The molecule has 0 aliphatic carbocycles. The summed E-state index contributed by atoms with van der Waals surface area (Å²) in [6, 6.07) is 7.26. The van der Waals surface area contributed by atoms with Crippen LogP contribution in [-0.2, 0) is 14.3 Å². The van der Waals surface area contributed by atoms with Gasteiger partial charge in [-0.15, -0.1) is 0 Å². The number of rotatable bonds is 5. The Labute approximate surface area is 128 Å². The number of halogens is 1. The molecule has 0 amide bonds. The molecule has 0 N–H and O–H groups in total. The predicted octanol–water partition coefficient (Wildman–Crippen LogP) is 3.00. The molecule has 1 aromatic rings. The van der Waals surface area contributed by atoms with Crippen LogP contribution in [0.3, 0.4) is 0 Å². The molecule has 1 heterocycles. The molecule has 0 radical (unpaired) electrons. The Morgan fingerprint density at radius 3 is 2.71 bits per heavy atom. The van der Waals surface area contributed by atoms with E-state index in [1.807, 2.05) is 25.1 Å². The Morgan fingerprint density at radius 2 is 2.05 bits per heavy atom. The lowest BCUT2D eigenvalue weighted by atomic mass is 10.2. The number of allylic oxidation sites excluding steroid dienone is 2. The van der Waals surface area contributed by atoms with Gasteiger partial charge < -0.3 is 9.47 Å². The highest BCUT2D eigenvalue weighted by Gasteiger charge is 2.20. The lowest BCUT2D eigenvalue weighted by molar-refractivity contribution is -0.136. The van der Waals surface area contributed by atoms with E-state index in [-0.39, 0.29) is 6.61 Å². The van der Waals surface area contributed by atoms with E-state index >= 15 is 0 Å². The smallest absolute Gasteiger partial charge is 0.354 e. The molecule has 0 fully saturated rings. The van der Waals surface area contributed by atoms with Crippen molar-refractivity contribution in [2.45, 2.75) is 13.3 Å². The van der Waals surface area contributed by atoms with Crippen molar-refractivity contribution in [1.82, 2.24) is 0 Å². The highest BCUT2D eigenvalue weighted by molar-refractivity contribution is 6.37. The molecule has 0 atom stereocenters. The van der Waals surface area contributed by atoms with Gasteiger partial charge >= 0.3 is 5.97 Å². The van der Waals surface area contributed by atoms with Gasteiger partial charge in [0.2, 0.25) is 0 Å². The maximum atomic E-state index is 11.9. The van der Waals surface area contributed by atoms with E-state index in [1.54, 1.807) is 24.3 Å². The zero-order valence-corrected chi connectivity index (χ0v) is 12.8. The summed E-state index contributed by atoms with van der Waals surface area (Å²) in [6.07, 6.45) is 2.40. The van der Waals surface area contributed by atoms with Crippen LogP contribution in [0.2, 0.25) is 5.02 Å². The van der Waals surface area contributed by atoms with Gasteiger partial charge in [0.05, 0.1) is 12.3 Å². The average Bonchev–Trinajstić information content (AvgIpc) is 2.49. The van der Waals surface area contributed by atoms with Crippen LogP contribution in [-0.4, -0.2) is 32.0 Å². The monoisotopic (exact) mass is 308 g/mol. The molecule has 1 aliphatic rings. The SMILES string of the molecule is COCCOC(=O)C1=NN(c2ccc(Cl)cc2)C(C)=CC1. The quantitative estimate of drug-likeness (QED) is 0.620. The maximum absolute atomic E-state index is 11.9. The van der Waals surface area contributed by atoms with Gasteiger partial charge in [-0.2, -0.15) is 5.10 Å². The van der Waals surface area contributed by atoms with Crippen LogP contribution in [0, 0.1) is 0 Å². The summed E-state index contributed by atoms with van der Waals surface area (Å²) in [5.74, 6) is -0.422. The van der Waals surface area contributed by atoms with Crippen LogP contribution < -0.4 is 5.01 Å². The van der Waals surface area contributed by atoms with Crippen LogP contribution >= 0.6 is 11.6 Å². The number of ether oxygens (including phenoxy) is 2. The number of hydrazone groups is 1. The zero-order valence-electron chi connectivity index (χ0n) is 12.0. The van der Waals surface area contributed by atoms with Crippen molar-refractivity contribution in [2.75, 3.05) is 25.3 Å². The van der Waals surface area contributed by atoms with E-state index in [0.717, 1.165) is 11.4 Å². The van der Waals surface area contributed by atoms with Crippen LogP contribution in [0.1, 0.15) is 13.3 Å². The first-order valence-corrected chi connectivity index (χ1v) is 6.95. The average molecular weight is 309 g/mol. The molecule has 0 saturated heterocycles. The van der Waals surface area contributed by atoms with Gasteiger partial charge in [-0.05, 0) is 31.2 Å². The minimum absolute atomic E-state index is 0.220. The van der Waals surface area contributed by atoms with Crippen molar-refractivity contribution < 1.29 is 14.3 Å². The number of anilines is 1. The zero-order chi connectivity index (χ0) is 15.2. The van der Waals surface area contributed by atoms with Gasteiger partial charge in [0, 0.05) is 24.3 Å². The van der Waals surface area contributed by atoms with Crippen molar-refractivity contribution in [3.63, 3.8) is 0 Å². The molecule has 1 aromatic carbocycles. The Morgan fingerprint density at radius 1 is 1.33 bits per heavy atom. The third-order valence-electron chi connectivity index (χ3n) is 2.97. The fourth-order valence-corrected chi connectivity index (χ4v) is 1.97. The summed E-state index contributed by atoms with van der Waals surface area (Å²) < 4.78 is 9.94. The molecule has 2 rings (SSSR count). The highest BCUT2D eigenvalue weighted by atomic mass is 35.5. The first-order valence-electron chi connectivity index (χ1n) is 6.58. The lowest BCUT2D eigenvalue weighted by Gasteiger charge is -2.24. The van der Waals surface area contributed by atoms with Crippen molar-refractivity contribution >= 4 is 29.0 Å². The van der Waals surface area contributed by atoms with Crippen LogP contribution in [0.4, 0.5) is 5.69 Å². The van der Waals surface area contributed by atoms with Crippen molar-refractivity contribution in [3.8, 4) is 0 Å². The molecule has 1 aliphatic heterocycles. The van der Waals surface area contributed by atoms with E-state index in [0.29, 0.717) is 23.8 Å². The summed E-state index contributed by atoms with van der Waals surface area (Å²) in [4.78, 5) is 11.9. The number of hydrogen-bond donors (Lipinski definition) is 0. The van der Waals surface area contributed by atoms with Crippen molar-refractivity contribution in [1.29, 1.82) is 0 Å². The van der Waals surface area contributed by atoms with E-state index in [1.165, 1.54) is 0 Å². The number of methoxy groups -OCH3 is 1. The number of nitrogens with zero attached hydrogens (tertiary/aromatic N) is 2. The van der Waals surface area contributed by atoms with Gasteiger partial charge in [-0.25, -0.2) is 9.80 Å². The minimum atomic E-state index is -0.422. The highest BCUT2D eigenvalue weighted by Crippen LogP contribution is 2.24.